The van der Waals surface area contributed by atoms with Gasteiger partial charge in [-0.1, -0.05) is 19.0 Å². The molecule has 24 heavy (non-hydrogen) atoms. The van der Waals surface area contributed by atoms with Crippen LogP contribution in [-0.2, 0) is 13.5 Å². The second-order valence-electron chi connectivity index (χ2n) is 6.53. The molecule has 2 aromatic heterocycles. The summed E-state index contributed by atoms with van der Waals surface area (Å²) in [5.74, 6) is 0.913. The van der Waals surface area contributed by atoms with Crippen LogP contribution in [0.1, 0.15) is 60.1 Å². The lowest BCUT2D eigenvalue weighted by atomic mass is 10.1. The van der Waals surface area contributed by atoms with E-state index in [0.29, 0.717) is 24.1 Å². The minimum Gasteiger partial charge on any atom is -0.340 e. The topological polar surface area (TPSA) is 90.0 Å². The molecule has 0 saturated carbocycles. The van der Waals surface area contributed by atoms with Crippen molar-refractivity contribution in [2.45, 2.75) is 47.1 Å². The maximum Gasteiger partial charge on any atom is 0.263 e. The monoisotopic (exact) mass is 332 g/mol. The van der Waals surface area contributed by atoms with Crippen molar-refractivity contribution in [1.29, 1.82) is 0 Å². The van der Waals surface area contributed by atoms with Gasteiger partial charge in [-0.3, -0.25) is 9.59 Å². The molecule has 0 fully saturated rings. The molecule has 0 saturated heterocycles. The predicted octanol–water partition coefficient (Wildman–Crippen LogP) is 2.07. The zero-order valence-corrected chi connectivity index (χ0v) is 15.0. The van der Waals surface area contributed by atoms with Crippen LogP contribution in [0.2, 0.25) is 0 Å². The number of hydrogen-bond donors (Lipinski definition) is 1. The minimum absolute atomic E-state index is 0.106. The van der Waals surface area contributed by atoms with Crippen molar-refractivity contribution < 1.29 is 9.32 Å². The van der Waals surface area contributed by atoms with Gasteiger partial charge < -0.3 is 14.4 Å². The first kappa shape index (κ1) is 17.9. The molecule has 0 aliphatic carbocycles. The van der Waals surface area contributed by atoms with Gasteiger partial charge in [0.1, 0.15) is 11.6 Å². The Morgan fingerprint density at radius 3 is 2.62 bits per heavy atom. The smallest absolute Gasteiger partial charge is 0.263 e. The molecule has 0 aliphatic rings. The third-order valence-electron chi connectivity index (χ3n) is 4.01. The quantitative estimate of drug-likeness (QED) is 0.905. The molecule has 2 aromatic rings. The molecule has 2 rings (SSSR count). The van der Waals surface area contributed by atoms with Crippen molar-refractivity contribution in [2.24, 2.45) is 13.0 Å². The van der Waals surface area contributed by atoms with Crippen LogP contribution in [-0.4, -0.2) is 20.6 Å². The first-order valence-electron chi connectivity index (χ1n) is 8.01. The first-order valence-corrected chi connectivity index (χ1v) is 8.01. The highest BCUT2D eigenvalue weighted by Gasteiger charge is 2.20. The second-order valence-corrected chi connectivity index (χ2v) is 6.53. The van der Waals surface area contributed by atoms with Gasteiger partial charge in [0.25, 0.3) is 11.5 Å². The highest BCUT2D eigenvalue weighted by atomic mass is 16.5. The average molecular weight is 332 g/mol. The summed E-state index contributed by atoms with van der Waals surface area (Å²) in [4.78, 5) is 29.0. The van der Waals surface area contributed by atoms with Gasteiger partial charge in [0, 0.05) is 19.2 Å². The lowest BCUT2D eigenvalue weighted by Gasteiger charge is -2.12. The molecule has 0 bridgehead atoms. The average Bonchev–Trinajstić information content (AvgIpc) is 2.96. The van der Waals surface area contributed by atoms with Gasteiger partial charge in [-0.15, -0.1) is 0 Å². The molecule has 130 valence electrons. The van der Waals surface area contributed by atoms with E-state index in [0.717, 1.165) is 11.3 Å². The van der Waals surface area contributed by atoms with Gasteiger partial charge in [0.05, 0.1) is 0 Å². The number of nitrogens with zero attached hydrogens (tertiary/aromatic N) is 3. The van der Waals surface area contributed by atoms with Crippen molar-refractivity contribution in [3.63, 3.8) is 0 Å². The second kappa shape index (κ2) is 6.98. The van der Waals surface area contributed by atoms with Crippen LogP contribution >= 0.6 is 0 Å². The molecule has 1 amide bonds. The Bertz CT molecular complexity index is 805. The van der Waals surface area contributed by atoms with Gasteiger partial charge in [0.15, 0.2) is 5.82 Å². The molecule has 2 heterocycles. The molecule has 0 aromatic carbocycles. The number of hydrogen-bond acceptors (Lipinski definition) is 5. The molecule has 0 unspecified atom stereocenters. The van der Waals surface area contributed by atoms with Gasteiger partial charge in [-0.05, 0) is 38.3 Å². The van der Waals surface area contributed by atoms with E-state index in [9.17, 15) is 9.59 Å². The number of pyridine rings is 1. The number of nitrogens with one attached hydrogen (secondary N) is 1. The van der Waals surface area contributed by atoms with E-state index >= 15 is 0 Å². The van der Waals surface area contributed by atoms with Crippen LogP contribution in [0.15, 0.2) is 15.4 Å². The van der Waals surface area contributed by atoms with E-state index in [4.69, 9.17) is 4.52 Å². The maximum atomic E-state index is 12.4. The minimum atomic E-state index is -0.475. The van der Waals surface area contributed by atoms with Crippen LogP contribution in [0.4, 0.5) is 0 Å². The molecule has 1 N–H and O–H groups in total. The number of aromatic nitrogens is 3. The van der Waals surface area contributed by atoms with Crippen LogP contribution < -0.4 is 10.9 Å². The summed E-state index contributed by atoms with van der Waals surface area (Å²) < 4.78 is 6.68. The highest BCUT2D eigenvalue weighted by Crippen LogP contribution is 2.13. The lowest BCUT2D eigenvalue weighted by Crippen LogP contribution is -2.34. The Kier molecular flexibility index (Phi) is 5.21. The van der Waals surface area contributed by atoms with E-state index in [1.165, 1.54) is 4.57 Å². The Labute approximate surface area is 141 Å². The molecule has 7 nitrogen and oxygen atoms in total. The number of carbonyl (C=O) groups excluding carboxylic acids is 1. The fourth-order valence-electron chi connectivity index (χ4n) is 2.37. The van der Waals surface area contributed by atoms with Gasteiger partial charge in [-0.25, -0.2) is 0 Å². The maximum absolute atomic E-state index is 12.4. The van der Waals surface area contributed by atoms with Crippen LogP contribution in [0.25, 0.3) is 0 Å². The third-order valence-corrected chi connectivity index (χ3v) is 4.01. The van der Waals surface area contributed by atoms with Crippen molar-refractivity contribution in [2.75, 3.05) is 0 Å². The number of carbonyl (C=O) groups is 1. The summed E-state index contributed by atoms with van der Waals surface area (Å²) in [6, 6.07) is 1.13. The molecule has 0 spiro atoms. The highest BCUT2D eigenvalue weighted by molar-refractivity contribution is 5.94. The van der Waals surface area contributed by atoms with E-state index in [2.05, 4.69) is 29.3 Å². The summed E-state index contributed by atoms with van der Waals surface area (Å²) in [6.07, 6.45) is 0.710. The number of amides is 1. The Hall–Kier alpha value is -2.44. The third kappa shape index (κ3) is 3.72. The lowest BCUT2D eigenvalue weighted by molar-refractivity contribution is 0.0930. The van der Waals surface area contributed by atoms with Crippen molar-refractivity contribution >= 4 is 5.91 Å². The summed E-state index contributed by atoms with van der Waals surface area (Å²) in [5, 5.41) is 6.66. The SMILES string of the molecule is Cc1cc(C(=O)N[C@@H](C)c2nc(CC(C)C)no2)c(=O)n(C)c1C. The summed E-state index contributed by atoms with van der Waals surface area (Å²) in [6.45, 7) is 9.59. The standard InChI is InChI=1S/C17H24N4O3/c1-9(2)7-14-19-16(24-20-14)11(4)18-15(22)13-8-10(3)12(5)21(6)17(13)23/h8-9,11H,7H2,1-6H3,(H,18,22)/t11-/m0/s1. The number of rotatable bonds is 5. The zero-order chi connectivity index (χ0) is 18.0. The fraction of sp³-hybridized carbons (Fsp3) is 0.529. The number of aryl methyl sites for hydroxylation is 1. The van der Waals surface area contributed by atoms with E-state index < -0.39 is 11.9 Å². The molecular weight excluding hydrogens is 308 g/mol. The first-order chi connectivity index (χ1) is 11.2. The van der Waals surface area contributed by atoms with Crippen molar-refractivity contribution in [3.8, 4) is 0 Å². The van der Waals surface area contributed by atoms with Crippen LogP contribution in [0, 0.1) is 19.8 Å². The molecule has 7 heteroatoms. The summed E-state index contributed by atoms with van der Waals surface area (Å²) >= 11 is 0. The predicted molar refractivity (Wildman–Crippen MR) is 89.9 cm³/mol. The van der Waals surface area contributed by atoms with Crippen molar-refractivity contribution in [3.05, 3.63) is 45.0 Å². The summed E-state index contributed by atoms with van der Waals surface area (Å²) in [5.41, 5.74) is 1.50. The van der Waals surface area contributed by atoms with Gasteiger partial charge >= 0.3 is 0 Å². The van der Waals surface area contributed by atoms with E-state index in [1.807, 2.05) is 13.8 Å². The Balaban J connectivity index is 2.18. The van der Waals surface area contributed by atoms with Crippen LogP contribution in [0.5, 0.6) is 0 Å². The molecule has 1 atom stereocenters. The van der Waals surface area contributed by atoms with Gasteiger partial charge in [-0.2, -0.15) is 4.98 Å². The van der Waals surface area contributed by atoms with Crippen LogP contribution in [0.3, 0.4) is 0 Å². The normalized spacial score (nSPS) is 12.5. The molecule has 0 radical (unpaired) electrons. The Morgan fingerprint density at radius 2 is 2.00 bits per heavy atom. The molecular formula is C17H24N4O3. The van der Waals surface area contributed by atoms with E-state index in [1.54, 1.807) is 20.0 Å². The Morgan fingerprint density at radius 1 is 1.33 bits per heavy atom. The zero-order valence-electron chi connectivity index (χ0n) is 15.0. The fourth-order valence-corrected chi connectivity index (χ4v) is 2.37. The molecule has 0 aliphatic heterocycles. The summed E-state index contributed by atoms with van der Waals surface area (Å²) in [7, 11) is 1.65. The van der Waals surface area contributed by atoms with E-state index in [-0.39, 0.29) is 11.1 Å². The van der Waals surface area contributed by atoms with Gasteiger partial charge in [0.2, 0.25) is 5.89 Å². The largest absolute Gasteiger partial charge is 0.340 e. The van der Waals surface area contributed by atoms with Crippen molar-refractivity contribution in [1.82, 2.24) is 20.0 Å².